The zero-order valence-corrected chi connectivity index (χ0v) is 15.7. The molecule has 3 atom stereocenters. The lowest BCUT2D eigenvalue weighted by molar-refractivity contribution is -0.125. The number of aliphatic hydroxyl groups is 1. The van der Waals surface area contributed by atoms with Gasteiger partial charge in [-0.25, -0.2) is 4.98 Å². The number of aliphatic hydroxyl groups excluding tert-OH is 1. The van der Waals surface area contributed by atoms with Gasteiger partial charge in [-0.15, -0.1) is 11.3 Å². The second kappa shape index (κ2) is 7.78. The van der Waals surface area contributed by atoms with Crippen molar-refractivity contribution in [2.75, 3.05) is 0 Å². The van der Waals surface area contributed by atoms with Crippen LogP contribution in [0, 0.1) is 5.92 Å². The monoisotopic (exact) mass is 385 g/mol. The Bertz CT molecular complexity index is 819. The number of hydrogen-bond donors (Lipinski definition) is 3. The van der Waals surface area contributed by atoms with Crippen LogP contribution in [0.4, 0.5) is 0 Å². The molecule has 1 aromatic carbocycles. The van der Waals surface area contributed by atoms with Crippen LogP contribution in [0.1, 0.15) is 46.7 Å². The average molecular weight is 385 g/mol. The third-order valence-corrected chi connectivity index (χ3v) is 5.97. The number of amides is 2. The normalized spacial score (nSPS) is 24.6. The van der Waals surface area contributed by atoms with Crippen molar-refractivity contribution in [2.24, 2.45) is 5.92 Å². The molecule has 2 fully saturated rings. The zero-order chi connectivity index (χ0) is 18.8. The summed E-state index contributed by atoms with van der Waals surface area (Å²) in [5.41, 5.74) is 1.51. The largest absolute Gasteiger partial charge is 0.391 e. The summed E-state index contributed by atoms with van der Waals surface area (Å²) in [6.07, 6.45) is 2.92. The van der Waals surface area contributed by atoms with Crippen LogP contribution in [0.2, 0.25) is 0 Å². The topological polar surface area (TPSA) is 91.3 Å². The van der Waals surface area contributed by atoms with Crippen molar-refractivity contribution in [1.82, 2.24) is 15.6 Å². The van der Waals surface area contributed by atoms with Crippen molar-refractivity contribution in [1.29, 1.82) is 0 Å². The molecule has 4 rings (SSSR count). The molecule has 0 spiro atoms. The predicted octanol–water partition coefficient (Wildman–Crippen LogP) is 1.88. The average Bonchev–Trinajstić information content (AvgIpc) is 3.22. The molecule has 0 saturated heterocycles. The minimum atomic E-state index is -0.702. The van der Waals surface area contributed by atoms with Gasteiger partial charge in [0, 0.05) is 23.8 Å². The summed E-state index contributed by atoms with van der Waals surface area (Å²) in [7, 11) is 0. The van der Waals surface area contributed by atoms with E-state index in [1.807, 2.05) is 30.3 Å². The van der Waals surface area contributed by atoms with Gasteiger partial charge in [-0.1, -0.05) is 30.3 Å². The van der Waals surface area contributed by atoms with E-state index in [4.69, 9.17) is 0 Å². The van der Waals surface area contributed by atoms with Crippen LogP contribution in [0.3, 0.4) is 0 Å². The number of nitrogens with one attached hydrogen (secondary N) is 2. The first-order chi connectivity index (χ1) is 13.1. The maximum Gasteiger partial charge on any atom is 0.271 e. The van der Waals surface area contributed by atoms with Gasteiger partial charge in [0.15, 0.2) is 0 Å². The molecular formula is C20H23N3O3S. The maximum atomic E-state index is 12.5. The van der Waals surface area contributed by atoms with Crippen LogP contribution in [-0.2, 0) is 11.2 Å². The first kappa shape index (κ1) is 18.1. The van der Waals surface area contributed by atoms with Gasteiger partial charge in [0.1, 0.15) is 5.69 Å². The highest BCUT2D eigenvalue weighted by molar-refractivity contribution is 7.09. The summed E-state index contributed by atoms with van der Waals surface area (Å²) in [6.45, 7) is 0. The fourth-order valence-corrected chi connectivity index (χ4v) is 4.25. The van der Waals surface area contributed by atoms with E-state index >= 15 is 0 Å². The molecular weight excluding hydrogens is 362 g/mol. The molecule has 7 heteroatoms. The van der Waals surface area contributed by atoms with E-state index in [1.54, 1.807) is 5.38 Å². The molecule has 0 radical (unpaired) electrons. The number of carbonyl (C=O) groups is 2. The summed E-state index contributed by atoms with van der Waals surface area (Å²) in [4.78, 5) is 29.1. The zero-order valence-electron chi connectivity index (χ0n) is 14.9. The summed E-state index contributed by atoms with van der Waals surface area (Å²) in [5, 5.41) is 18.7. The number of carbonyl (C=O) groups excluding carboxylic acids is 2. The van der Waals surface area contributed by atoms with Crippen molar-refractivity contribution < 1.29 is 14.7 Å². The number of hydrogen-bond acceptors (Lipinski definition) is 5. The molecule has 0 unspecified atom stereocenters. The van der Waals surface area contributed by atoms with Crippen LogP contribution >= 0.6 is 11.3 Å². The van der Waals surface area contributed by atoms with Gasteiger partial charge in [0.05, 0.1) is 17.2 Å². The van der Waals surface area contributed by atoms with Gasteiger partial charge < -0.3 is 15.7 Å². The number of benzene rings is 1. The van der Waals surface area contributed by atoms with Gasteiger partial charge >= 0.3 is 0 Å². The van der Waals surface area contributed by atoms with E-state index in [2.05, 4.69) is 15.6 Å². The van der Waals surface area contributed by atoms with E-state index in [-0.39, 0.29) is 17.7 Å². The van der Waals surface area contributed by atoms with Gasteiger partial charge in [0.2, 0.25) is 5.91 Å². The highest BCUT2D eigenvalue weighted by atomic mass is 32.1. The van der Waals surface area contributed by atoms with Gasteiger partial charge in [-0.2, -0.15) is 0 Å². The van der Waals surface area contributed by atoms with Crippen molar-refractivity contribution in [3.8, 4) is 0 Å². The predicted molar refractivity (Wildman–Crippen MR) is 103 cm³/mol. The molecule has 0 bridgehead atoms. The van der Waals surface area contributed by atoms with E-state index in [9.17, 15) is 14.7 Å². The minimum absolute atomic E-state index is 0.00731. The minimum Gasteiger partial charge on any atom is -0.391 e. The summed E-state index contributed by atoms with van der Waals surface area (Å²) in [5.74, 6) is -0.542. The Morgan fingerprint density at radius 2 is 1.93 bits per heavy atom. The van der Waals surface area contributed by atoms with E-state index < -0.39 is 12.1 Å². The Labute approximate surface area is 162 Å². The van der Waals surface area contributed by atoms with Crippen molar-refractivity contribution in [2.45, 2.75) is 50.3 Å². The second-order valence-corrected chi connectivity index (χ2v) is 8.33. The van der Waals surface area contributed by atoms with Crippen LogP contribution in [0.25, 0.3) is 0 Å². The van der Waals surface area contributed by atoms with Crippen LogP contribution in [0.15, 0.2) is 35.7 Å². The molecule has 3 N–H and O–H groups in total. The number of aromatic nitrogens is 1. The standard InChI is InChI=1S/C20H23N3O3S/c24-17-10-13(19(25)21-14-6-7-14)9-15(17)23-20(26)16-11-27-18(22-16)8-12-4-2-1-3-5-12/h1-5,11,13-15,17,24H,6-10H2,(H,21,25)(H,23,26)/t13-,15-,17-/m0/s1. The lowest BCUT2D eigenvalue weighted by Gasteiger charge is -2.15. The van der Waals surface area contributed by atoms with E-state index in [0.717, 1.165) is 23.4 Å². The molecule has 2 aliphatic carbocycles. The molecule has 6 nitrogen and oxygen atoms in total. The molecule has 1 aromatic heterocycles. The third-order valence-electron chi connectivity index (χ3n) is 5.12. The van der Waals surface area contributed by atoms with E-state index in [1.165, 1.54) is 11.3 Å². The van der Waals surface area contributed by atoms with Crippen LogP contribution < -0.4 is 10.6 Å². The molecule has 2 aromatic rings. The van der Waals surface area contributed by atoms with Gasteiger partial charge in [0.25, 0.3) is 5.91 Å². The van der Waals surface area contributed by atoms with Gasteiger partial charge in [-0.05, 0) is 31.2 Å². The van der Waals surface area contributed by atoms with E-state index in [0.29, 0.717) is 31.0 Å². The van der Waals surface area contributed by atoms with Gasteiger partial charge in [-0.3, -0.25) is 9.59 Å². The van der Waals surface area contributed by atoms with Crippen molar-refractivity contribution >= 4 is 23.2 Å². The third kappa shape index (κ3) is 4.54. The van der Waals surface area contributed by atoms with Crippen molar-refractivity contribution in [3.63, 3.8) is 0 Å². The Hall–Kier alpha value is -2.25. The first-order valence-corrected chi connectivity index (χ1v) is 10.2. The molecule has 2 amide bonds. The van der Waals surface area contributed by atoms with Crippen LogP contribution in [0.5, 0.6) is 0 Å². The summed E-state index contributed by atoms with van der Waals surface area (Å²) < 4.78 is 0. The molecule has 1 heterocycles. The molecule has 27 heavy (non-hydrogen) atoms. The summed E-state index contributed by atoms with van der Waals surface area (Å²) >= 11 is 1.45. The lowest BCUT2D eigenvalue weighted by atomic mass is 10.1. The Morgan fingerprint density at radius 3 is 2.67 bits per heavy atom. The highest BCUT2D eigenvalue weighted by Gasteiger charge is 2.39. The van der Waals surface area contributed by atoms with Crippen molar-refractivity contribution in [3.05, 3.63) is 52.0 Å². The second-order valence-electron chi connectivity index (χ2n) is 7.39. The molecule has 0 aliphatic heterocycles. The summed E-state index contributed by atoms with van der Waals surface area (Å²) in [6, 6.07) is 9.89. The Balaban J connectivity index is 1.33. The fourth-order valence-electron chi connectivity index (χ4n) is 3.44. The molecule has 142 valence electrons. The smallest absolute Gasteiger partial charge is 0.271 e. The number of thiazole rings is 1. The number of nitrogens with zero attached hydrogens (tertiary/aromatic N) is 1. The Morgan fingerprint density at radius 1 is 1.15 bits per heavy atom. The molecule has 2 saturated carbocycles. The quantitative estimate of drug-likeness (QED) is 0.708. The molecule has 2 aliphatic rings. The highest BCUT2D eigenvalue weighted by Crippen LogP contribution is 2.28. The Kier molecular flexibility index (Phi) is 5.22. The van der Waals surface area contributed by atoms with Crippen LogP contribution in [-0.4, -0.2) is 40.1 Å². The SMILES string of the molecule is O=C(N[C@H]1C[C@H](C(=O)NC2CC2)C[C@@H]1O)c1csc(Cc2ccccc2)n1. The fraction of sp³-hybridized carbons (Fsp3) is 0.450. The lowest BCUT2D eigenvalue weighted by Crippen LogP contribution is -2.40. The number of rotatable bonds is 6. The first-order valence-electron chi connectivity index (χ1n) is 9.36. The maximum absolute atomic E-state index is 12.5.